The van der Waals surface area contributed by atoms with Gasteiger partial charge in [-0.1, -0.05) is 25.1 Å². The van der Waals surface area contributed by atoms with Crippen LogP contribution in [0.1, 0.15) is 13.3 Å². The minimum atomic E-state index is 0.709. The summed E-state index contributed by atoms with van der Waals surface area (Å²) in [6.07, 6.45) is 2.93. The molecule has 1 aromatic carbocycles. The molecule has 0 spiro atoms. The molecular formula is C13H18N4. The fourth-order valence-electron chi connectivity index (χ4n) is 1.65. The van der Waals surface area contributed by atoms with Crippen LogP contribution in [0.25, 0.3) is 10.9 Å². The lowest BCUT2D eigenvalue weighted by atomic mass is 10.2. The number of fused-ring (bicyclic) bond motifs is 1. The highest BCUT2D eigenvalue weighted by atomic mass is 15.1. The SMILES string of the molecule is CCNCCCNc1ncc2ccccc2n1. The smallest absolute Gasteiger partial charge is 0.223 e. The number of rotatable bonds is 6. The fourth-order valence-corrected chi connectivity index (χ4v) is 1.65. The molecule has 2 N–H and O–H groups in total. The summed E-state index contributed by atoms with van der Waals surface area (Å²) in [5.41, 5.74) is 0.983. The van der Waals surface area contributed by atoms with Crippen molar-refractivity contribution in [3.8, 4) is 0 Å². The Bertz CT molecular complexity index is 470. The van der Waals surface area contributed by atoms with E-state index in [1.807, 2.05) is 30.5 Å². The fraction of sp³-hybridized carbons (Fsp3) is 0.385. The van der Waals surface area contributed by atoms with Gasteiger partial charge in [0.1, 0.15) is 0 Å². The number of anilines is 1. The second-order valence-corrected chi connectivity index (χ2v) is 3.89. The number of nitrogens with one attached hydrogen (secondary N) is 2. The number of benzene rings is 1. The van der Waals surface area contributed by atoms with Gasteiger partial charge in [0.25, 0.3) is 0 Å². The first-order valence-corrected chi connectivity index (χ1v) is 6.06. The molecule has 4 nitrogen and oxygen atoms in total. The van der Waals surface area contributed by atoms with E-state index < -0.39 is 0 Å². The number of para-hydroxylation sites is 1. The van der Waals surface area contributed by atoms with Crippen LogP contribution in [0.3, 0.4) is 0 Å². The van der Waals surface area contributed by atoms with E-state index in [1.54, 1.807) is 0 Å². The minimum Gasteiger partial charge on any atom is -0.354 e. The standard InChI is InChI=1S/C13H18N4/c1-2-14-8-5-9-15-13-16-10-11-6-3-4-7-12(11)17-13/h3-4,6-7,10,14H,2,5,8-9H2,1H3,(H,15,16,17). The first-order valence-electron chi connectivity index (χ1n) is 6.06. The van der Waals surface area contributed by atoms with Crippen molar-refractivity contribution in [2.45, 2.75) is 13.3 Å². The van der Waals surface area contributed by atoms with Gasteiger partial charge >= 0.3 is 0 Å². The highest BCUT2D eigenvalue weighted by Crippen LogP contribution is 2.11. The summed E-state index contributed by atoms with van der Waals surface area (Å²) in [7, 11) is 0. The van der Waals surface area contributed by atoms with Gasteiger partial charge in [-0.05, 0) is 25.6 Å². The van der Waals surface area contributed by atoms with Gasteiger partial charge in [0.2, 0.25) is 5.95 Å². The molecule has 0 aliphatic carbocycles. The highest BCUT2D eigenvalue weighted by Gasteiger charge is 1.97. The maximum Gasteiger partial charge on any atom is 0.223 e. The Kier molecular flexibility index (Phi) is 4.27. The van der Waals surface area contributed by atoms with Crippen molar-refractivity contribution in [2.75, 3.05) is 25.0 Å². The van der Waals surface area contributed by atoms with E-state index in [0.29, 0.717) is 5.95 Å². The Hall–Kier alpha value is -1.68. The van der Waals surface area contributed by atoms with Crippen LogP contribution in [0, 0.1) is 0 Å². The quantitative estimate of drug-likeness (QED) is 0.746. The molecule has 90 valence electrons. The normalized spacial score (nSPS) is 10.6. The van der Waals surface area contributed by atoms with Crippen LogP contribution in [0.15, 0.2) is 30.5 Å². The largest absolute Gasteiger partial charge is 0.354 e. The summed E-state index contributed by atoms with van der Waals surface area (Å²) < 4.78 is 0. The van der Waals surface area contributed by atoms with Gasteiger partial charge in [0, 0.05) is 18.1 Å². The maximum absolute atomic E-state index is 4.45. The topological polar surface area (TPSA) is 49.8 Å². The van der Waals surface area contributed by atoms with E-state index >= 15 is 0 Å². The second-order valence-electron chi connectivity index (χ2n) is 3.89. The van der Waals surface area contributed by atoms with Crippen LogP contribution in [0.5, 0.6) is 0 Å². The molecule has 0 fully saturated rings. The second kappa shape index (κ2) is 6.15. The lowest BCUT2D eigenvalue weighted by Gasteiger charge is -2.05. The zero-order valence-corrected chi connectivity index (χ0v) is 10.1. The Labute approximate surface area is 101 Å². The monoisotopic (exact) mass is 230 g/mol. The van der Waals surface area contributed by atoms with Gasteiger partial charge in [0.15, 0.2) is 0 Å². The van der Waals surface area contributed by atoms with Crippen LogP contribution in [-0.4, -0.2) is 29.6 Å². The number of hydrogen-bond acceptors (Lipinski definition) is 4. The molecule has 0 radical (unpaired) electrons. The predicted octanol–water partition coefficient (Wildman–Crippen LogP) is 2.04. The zero-order chi connectivity index (χ0) is 11.9. The van der Waals surface area contributed by atoms with E-state index in [2.05, 4.69) is 27.5 Å². The molecule has 0 aliphatic rings. The lowest BCUT2D eigenvalue weighted by Crippen LogP contribution is -2.17. The molecule has 0 bridgehead atoms. The predicted molar refractivity (Wildman–Crippen MR) is 71.2 cm³/mol. The molecule has 0 unspecified atom stereocenters. The number of hydrogen-bond donors (Lipinski definition) is 2. The molecule has 2 rings (SSSR count). The summed E-state index contributed by atoms with van der Waals surface area (Å²) in [4.78, 5) is 8.73. The third-order valence-corrected chi connectivity index (χ3v) is 2.55. The van der Waals surface area contributed by atoms with Gasteiger partial charge in [-0.3, -0.25) is 0 Å². The molecule has 0 saturated heterocycles. The van der Waals surface area contributed by atoms with E-state index in [4.69, 9.17) is 0 Å². The molecule has 2 aromatic rings. The van der Waals surface area contributed by atoms with E-state index in [-0.39, 0.29) is 0 Å². The molecule has 1 heterocycles. The molecule has 0 amide bonds. The van der Waals surface area contributed by atoms with Crippen molar-refractivity contribution in [3.05, 3.63) is 30.5 Å². The van der Waals surface area contributed by atoms with Crippen LogP contribution in [0.2, 0.25) is 0 Å². The molecule has 0 aliphatic heterocycles. The number of aromatic nitrogens is 2. The molecule has 0 atom stereocenters. The van der Waals surface area contributed by atoms with Crippen LogP contribution in [-0.2, 0) is 0 Å². The average Bonchev–Trinajstić information content (AvgIpc) is 2.38. The lowest BCUT2D eigenvalue weighted by molar-refractivity contribution is 0.687. The van der Waals surface area contributed by atoms with Crippen molar-refractivity contribution < 1.29 is 0 Å². The first kappa shape index (κ1) is 11.8. The number of nitrogens with zero attached hydrogens (tertiary/aromatic N) is 2. The van der Waals surface area contributed by atoms with E-state index in [9.17, 15) is 0 Å². The third-order valence-electron chi connectivity index (χ3n) is 2.55. The zero-order valence-electron chi connectivity index (χ0n) is 10.1. The summed E-state index contributed by atoms with van der Waals surface area (Å²) in [5, 5.41) is 7.59. The first-order chi connectivity index (χ1) is 8.40. The third kappa shape index (κ3) is 3.39. The summed E-state index contributed by atoms with van der Waals surface area (Å²) in [6.45, 7) is 5.05. The van der Waals surface area contributed by atoms with Gasteiger partial charge in [-0.2, -0.15) is 0 Å². The van der Waals surface area contributed by atoms with Crippen molar-refractivity contribution >= 4 is 16.9 Å². The Morgan fingerprint density at radius 3 is 2.94 bits per heavy atom. The van der Waals surface area contributed by atoms with Gasteiger partial charge in [0.05, 0.1) is 5.52 Å². The summed E-state index contributed by atoms with van der Waals surface area (Å²) >= 11 is 0. The Morgan fingerprint density at radius 1 is 1.18 bits per heavy atom. The van der Waals surface area contributed by atoms with Gasteiger partial charge in [-0.15, -0.1) is 0 Å². The van der Waals surface area contributed by atoms with Crippen LogP contribution < -0.4 is 10.6 Å². The van der Waals surface area contributed by atoms with Gasteiger partial charge in [-0.25, -0.2) is 9.97 Å². The Balaban J connectivity index is 1.90. The summed E-state index contributed by atoms with van der Waals surface area (Å²) in [6, 6.07) is 8.00. The highest BCUT2D eigenvalue weighted by molar-refractivity contribution is 5.78. The van der Waals surface area contributed by atoms with E-state index in [1.165, 1.54) is 0 Å². The van der Waals surface area contributed by atoms with Crippen molar-refractivity contribution in [1.29, 1.82) is 0 Å². The average molecular weight is 230 g/mol. The molecule has 1 aromatic heterocycles. The van der Waals surface area contributed by atoms with Crippen LogP contribution in [0.4, 0.5) is 5.95 Å². The maximum atomic E-state index is 4.45. The molecule has 4 heteroatoms. The Morgan fingerprint density at radius 2 is 2.06 bits per heavy atom. The van der Waals surface area contributed by atoms with Crippen molar-refractivity contribution in [3.63, 3.8) is 0 Å². The summed E-state index contributed by atoms with van der Waals surface area (Å²) in [5.74, 6) is 0.709. The molecule has 0 saturated carbocycles. The van der Waals surface area contributed by atoms with Crippen molar-refractivity contribution in [2.24, 2.45) is 0 Å². The molecule has 17 heavy (non-hydrogen) atoms. The minimum absolute atomic E-state index is 0.709. The van der Waals surface area contributed by atoms with E-state index in [0.717, 1.165) is 37.0 Å². The van der Waals surface area contributed by atoms with Crippen LogP contribution >= 0.6 is 0 Å². The van der Waals surface area contributed by atoms with Gasteiger partial charge < -0.3 is 10.6 Å². The molecular weight excluding hydrogens is 212 g/mol. The van der Waals surface area contributed by atoms with Crippen molar-refractivity contribution in [1.82, 2.24) is 15.3 Å².